The molecule has 1 atom stereocenters. The Balaban J connectivity index is 1.84. The minimum Gasteiger partial charge on any atom is -0.497 e. The van der Waals surface area contributed by atoms with Crippen molar-refractivity contribution in [2.75, 3.05) is 7.11 Å². The number of hydrogen-bond donors (Lipinski definition) is 2. The van der Waals surface area contributed by atoms with Gasteiger partial charge in [-0.15, -0.1) is 0 Å². The van der Waals surface area contributed by atoms with Crippen molar-refractivity contribution < 1.29 is 9.53 Å². The van der Waals surface area contributed by atoms with Crippen LogP contribution in [0.2, 0.25) is 0 Å². The van der Waals surface area contributed by atoms with Gasteiger partial charge in [-0.05, 0) is 41.9 Å². The molecule has 146 valence electrons. The first-order valence-corrected chi connectivity index (χ1v) is 9.65. The minimum atomic E-state index is -0.268. The Morgan fingerprint density at radius 2 is 1.86 bits per heavy atom. The molecule has 1 unspecified atom stereocenters. The molecule has 2 N–H and O–H groups in total. The van der Waals surface area contributed by atoms with Gasteiger partial charge in [0.05, 0.1) is 13.2 Å². The second kappa shape index (κ2) is 9.32. The van der Waals surface area contributed by atoms with E-state index < -0.39 is 0 Å². The van der Waals surface area contributed by atoms with Crippen LogP contribution in [0.15, 0.2) is 54.6 Å². The van der Waals surface area contributed by atoms with Crippen LogP contribution in [-0.4, -0.2) is 27.8 Å². The van der Waals surface area contributed by atoms with Crippen molar-refractivity contribution in [3.05, 3.63) is 76.3 Å². The summed E-state index contributed by atoms with van der Waals surface area (Å²) in [5, 5.41) is 10.1. The maximum Gasteiger partial charge on any atom is 0.240 e. The molecule has 0 aliphatic heterocycles. The third-order valence-corrected chi connectivity index (χ3v) is 4.81. The van der Waals surface area contributed by atoms with Crippen LogP contribution in [0.3, 0.4) is 0 Å². The summed E-state index contributed by atoms with van der Waals surface area (Å²) in [6.45, 7) is 2.20. The van der Waals surface area contributed by atoms with Gasteiger partial charge in [-0.25, -0.2) is 0 Å². The zero-order valence-corrected chi connectivity index (χ0v) is 16.8. The Morgan fingerprint density at radius 3 is 2.50 bits per heavy atom. The SMILES string of the molecule is CCCc1n[nH]c(=S)n1CC(=O)NC(c1ccccc1)c1ccc(OC)cc1. The lowest BCUT2D eigenvalue weighted by Crippen LogP contribution is -2.32. The fourth-order valence-electron chi connectivity index (χ4n) is 3.08. The topological polar surface area (TPSA) is 71.9 Å². The first kappa shape index (κ1) is 19.8. The maximum atomic E-state index is 12.9. The molecule has 1 aromatic heterocycles. The number of nitrogens with zero attached hydrogens (tertiary/aromatic N) is 2. The van der Waals surface area contributed by atoms with Gasteiger partial charge in [0.15, 0.2) is 4.77 Å². The monoisotopic (exact) mass is 396 g/mol. The molecule has 0 spiro atoms. The number of nitrogens with one attached hydrogen (secondary N) is 2. The average Bonchev–Trinajstić information content (AvgIpc) is 3.07. The molecule has 0 fully saturated rings. The number of rotatable bonds is 8. The van der Waals surface area contributed by atoms with Gasteiger partial charge in [-0.3, -0.25) is 14.5 Å². The van der Waals surface area contributed by atoms with Crippen LogP contribution >= 0.6 is 12.2 Å². The van der Waals surface area contributed by atoms with E-state index in [9.17, 15) is 4.79 Å². The summed E-state index contributed by atoms with van der Waals surface area (Å²) in [5.41, 5.74) is 1.98. The minimum absolute atomic E-state index is 0.125. The van der Waals surface area contributed by atoms with Crippen molar-refractivity contribution >= 4 is 18.1 Å². The number of methoxy groups -OCH3 is 1. The van der Waals surface area contributed by atoms with Crippen LogP contribution in [0.1, 0.15) is 36.3 Å². The Hall–Kier alpha value is -2.93. The normalized spacial score (nSPS) is 11.8. The largest absolute Gasteiger partial charge is 0.497 e. The van der Waals surface area contributed by atoms with Gasteiger partial charge in [-0.1, -0.05) is 49.4 Å². The molecule has 1 amide bonds. The van der Waals surface area contributed by atoms with E-state index in [2.05, 4.69) is 22.4 Å². The first-order chi connectivity index (χ1) is 13.6. The van der Waals surface area contributed by atoms with E-state index in [0.29, 0.717) is 4.77 Å². The number of carbonyl (C=O) groups is 1. The van der Waals surface area contributed by atoms with E-state index in [1.54, 1.807) is 11.7 Å². The molecule has 7 heteroatoms. The van der Waals surface area contributed by atoms with Gasteiger partial charge in [0, 0.05) is 6.42 Å². The molecule has 0 bridgehead atoms. The summed E-state index contributed by atoms with van der Waals surface area (Å²) in [6.07, 6.45) is 1.70. The lowest BCUT2D eigenvalue weighted by molar-refractivity contribution is -0.122. The van der Waals surface area contributed by atoms with Crippen LogP contribution in [0.25, 0.3) is 0 Å². The number of benzene rings is 2. The van der Waals surface area contributed by atoms with E-state index in [0.717, 1.165) is 35.5 Å². The summed E-state index contributed by atoms with van der Waals surface area (Å²) in [4.78, 5) is 12.9. The molecular weight excluding hydrogens is 372 g/mol. The molecule has 6 nitrogen and oxygen atoms in total. The third-order valence-electron chi connectivity index (χ3n) is 4.50. The lowest BCUT2D eigenvalue weighted by atomic mass is 9.98. The number of ether oxygens (including phenoxy) is 1. The van der Waals surface area contributed by atoms with Crippen LogP contribution < -0.4 is 10.1 Å². The van der Waals surface area contributed by atoms with Crippen molar-refractivity contribution in [2.24, 2.45) is 0 Å². The average molecular weight is 397 g/mol. The Labute approximate surface area is 169 Å². The van der Waals surface area contributed by atoms with Crippen molar-refractivity contribution in [1.29, 1.82) is 0 Å². The van der Waals surface area contributed by atoms with E-state index in [4.69, 9.17) is 17.0 Å². The fraction of sp³-hybridized carbons (Fsp3) is 0.286. The molecule has 3 aromatic rings. The van der Waals surface area contributed by atoms with Crippen LogP contribution in [-0.2, 0) is 17.8 Å². The number of amides is 1. The highest BCUT2D eigenvalue weighted by molar-refractivity contribution is 7.71. The predicted octanol–water partition coefficient (Wildman–Crippen LogP) is 3.81. The van der Waals surface area contributed by atoms with Crippen LogP contribution in [0, 0.1) is 4.77 Å². The van der Waals surface area contributed by atoms with Gasteiger partial charge in [0.1, 0.15) is 18.1 Å². The van der Waals surface area contributed by atoms with Crippen molar-refractivity contribution in [3.63, 3.8) is 0 Å². The van der Waals surface area contributed by atoms with Crippen LogP contribution in [0.4, 0.5) is 0 Å². The van der Waals surface area contributed by atoms with E-state index >= 15 is 0 Å². The van der Waals surface area contributed by atoms with Crippen molar-refractivity contribution in [2.45, 2.75) is 32.4 Å². The van der Waals surface area contributed by atoms with E-state index in [-0.39, 0.29) is 18.5 Å². The fourth-order valence-corrected chi connectivity index (χ4v) is 3.29. The highest BCUT2D eigenvalue weighted by Gasteiger charge is 2.18. The summed E-state index contributed by atoms with van der Waals surface area (Å²) >= 11 is 5.28. The summed E-state index contributed by atoms with van der Waals surface area (Å²) in [5.74, 6) is 1.44. The van der Waals surface area contributed by atoms with Crippen molar-refractivity contribution in [3.8, 4) is 5.75 Å². The molecule has 0 aliphatic carbocycles. The molecule has 0 radical (unpaired) electrons. The number of aryl methyl sites for hydroxylation is 1. The molecule has 2 aromatic carbocycles. The Bertz CT molecular complexity index is 964. The van der Waals surface area contributed by atoms with Gasteiger partial charge >= 0.3 is 0 Å². The zero-order valence-electron chi connectivity index (χ0n) is 16.0. The van der Waals surface area contributed by atoms with Crippen LogP contribution in [0.5, 0.6) is 5.75 Å². The van der Waals surface area contributed by atoms with E-state index in [1.165, 1.54) is 0 Å². The molecular formula is C21H24N4O2S. The molecule has 0 saturated carbocycles. The lowest BCUT2D eigenvalue weighted by Gasteiger charge is -2.20. The first-order valence-electron chi connectivity index (χ1n) is 9.24. The molecule has 1 heterocycles. The van der Waals surface area contributed by atoms with Gasteiger partial charge in [0.2, 0.25) is 5.91 Å². The number of H-pyrrole nitrogens is 1. The van der Waals surface area contributed by atoms with E-state index in [1.807, 2.05) is 54.6 Å². The summed E-state index contributed by atoms with van der Waals surface area (Å²) in [6, 6.07) is 17.3. The highest BCUT2D eigenvalue weighted by atomic mass is 32.1. The maximum absolute atomic E-state index is 12.9. The van der Waals surface area contributed by atoms with Crippen molar-refractivity contribution in [1.82, 2.24) is 20.1 Å². The number of aromatic nitrogens is 3. The molecule has 3 rings (SSSR count). The summed E-state index contributed by atoms with van der Waals surface area (Å²) in [7, 11) is 1.63. The number of hydrogen-bond acceptors (Lipinski definition) is 4. The second-order valence-electron chi connectivity index (χ2n) is 6.47. The predicted molar refractivity (Wildman–Crippen MR) is 111 cm³/mol. The molecule has 28 heavy (non-hydrogen) atoms. The Morgan fingerprint density at radius 1 is 1.18 bits per heavy atom. The molecule has 0 aliphatic rings. The number of aromatic amines is 1. The molecule has 0 saturated heterocycles. The Kier molecular flexibility index (Phi) is 6.60. The summed E-state index contributed by atoms with van der Waals surface area (Å²) < 4.78 is 7.45. The zero-order chi connectivity index (χ0) is 19.9. The quantitative estimate of drug-likeness (QED) is 0.568. The van der Waals surface area contributed by atoms with Gasteiger partial charge in [-0.2, -0.15) is 5.10 Å². The number of carbonyl (C=O) groups excluding carboxylic acids is 1. The van der Waals surface area contributed by atoms with Gasteiger partial charge in [0.25, 0.3) is 0 Å². The van der Waals surface area contributed by atoms with Gasteiger partial charge < -0.3 is 10.1 Å². The highest BCUT2D eigenvalue weighted by Crippen LogP contribution is 2.24. The smallest absolute Gasteiger partial charge is 0.240 e. The second-order valence-corrected chi connectivity index (χ2v) is 6.85. The standard InChI is InChI=1S/C21H24N4O2S/c1-3-7-18-23-24-21(28)25(18)14-19(26)22-20(15-8-5-4-6-9-15)16-10-12-17(27-2)13-11-16/h4-6,8-13,20H,3,7,14H2,1-2H3,(H,22,26)(H,24,28). The third kappa shape index (κ3) is 4.67.